The first kappa shape index (κ1) is 20.6. The van der Waals surface area contributed by atoms with Gasteiger partial charge in [0.15, 0.2) is 0 Å². The van der Waals surface area contributed by atoms with Crippen molar-refractivity contribution in [3.63, 3.8) is 0 Å². The van der Waals surface area contributed by atoms with Gasteiger partial charge in [-0.3, -0.25) is 0 Å². The molecule has 4 saturated carbocycles. The van der Waals surface area contributed by atoms with Gasteiger partial charge in [0.1, 0.15) is 11.5 Å². The highest BCUT2D eigenvalue weighted by atomic mass is 16.3. The Morgan fingerprint density at radius 1 is 0.656 bits per heavy atom. The molecule has 32 heavy (non-hydrogen) atoms. The highest BCUT2D eigenvalue weighted by molar-refractivity contribution is 5.75. The smallest absolute Gasteiger partial charge is 0.119 e. The fourth-order valence-corrected chi connectivity index (χ4v) is 8.33. The van der Waals surface area contributed by atoms with Crippen molar-refractivity contribution in [1.82, 2.24) is 0 Å². The van der Waals surface area contributed by atoms with Gasteiger partial charge in [-0.25, -0.2) is 0 Å². The van der Waals surface area contributed by atoms with Gasteiger partial charge in [0.25, 0.3) is 0 Å². The molecule has 0 unspecified atom stereocenters. The van der Waals surface area contributed by atoms with Crippen LogP contribution in [0.15, 0.2) is 24.3 Å². The number of aromatic hydroxyl groups is 2. The van der Waals surface area contributed by atoms with Crippen LogP contribution in [0.3, 0.4) is 0 Å². The molecule has 0 spiro atoms. The molecule has 4 aliphatic carbocycles. The third-order valence-electron chi connectivity index (χ3n) is 11.5. The van der Waals surface area contributed by atoms with Crippen LogP contribution in [-0.2, 0) is 10.8 Å². The molecule has 0 amide bonds. The number of hydrogen-bond acceptors (Lipinski definition) is 2. The summed E-state index contributed by atoms with van der Waals surface area (Å²) in [5, 5.41) is 22.1. The van der Waals surface area contributed by atoms with E-state index in [0.29, 0.717) is 22.3 Å². The largest absolute Gasteiger partial charge is 0.508 e. The van der Waals surface area contributed by atoms with E-state index in [-0.39, 0.29) is 10.8 Å². The first-order chi connectivity index (χ1) is 14.9. The minimum absolute atomic E-state index is 0.0317. The second-order valence-electron chi connectivity index (χ2n) is 12.7. The van der Waals surface area contributed by atoms with E-state index in [1.165, 1.54) is 36.8 Å². The van der Waals surface area contributed by atoms with Gasteiger partial charge in [0.05, 0.1) is 0 Å². The lowest BCUT2D eigenvalue weighted by atomic mass is 9.68. The summed E-state index contributed by atoms with van der Waals surface area (Å²) in [5.74, 6) is 2.53. The zero-order valence-corrected chi connectivity index (χ0v) is 20.6. The Bertz CT molecular complexity index is 1070. The van der Waals surface area contributed by atoms with Crippen molar-refractivity contribution in [2.24, 2.45) is 22.7 Å². The average Bonchev–Trinajstić information content (AvgIpc) is 3.55. The molecule has 0 aliphatic heterocycles. The minimum Gasteiger partial charge on any atom is -0.508 e. The van der Waals surface area contributed by atoms with Gasteiger partial charge in [-0.1, -0.05) is 27.7 Å². The molecule has 0 heterocycles. The van der Waals surface area contributed by atoms with Gasteiger partial charge >= 0.3 is 0 Å². The Morgan fingerprint density at radius 3 is 1.31 bits per heavy atom. The van der Waals surface area contributed by atoms with Gasteiger partial charge in [-0.05, 0) is 122 Å². The lowest BCUT2D eigenvalue weighted by molar-refractivity contribution is 0.298. The third kappa shape index (κ3) is 2.32. The molecule has 2 heteroatoms. The van der Waals surface area contributed by atoms with Crippen LogP contribution < -0.4 is 0 Å². The average molecular weight is 431 g/mol. The number of aryl methyl sites for hydroxylation is 2. The van der Waals surface area contributed by atoms with E-state index in [1.54, 1.807) is 0 Å². The lowest BCUT2D eigenvalue weighted by Gasteiger charge is -2.36. The number of phenolic OH excluding ortho intramolecular Hbond substituents is 2. The number of hydrogen-bond donors (Lipinski definition) is 2. The quantitative estimate of drug-likeness (QED) is 0.528. The summed E-state index contributed by atoms with van der Waals surface area (Å²) in [6.07, 6.45) is 7.43. The SMILES string of the molecule is Cc1cc(O)c([C@@]2(C)CC[C@H]3C[C@]32C)cc1-c1cc([C@@]2(C)CC[C@H]3C[C@]32C)c(O)cc1C. The first-order valence-corrected chi connectivity index (χ1v) is 12.6. The standard InChI is InChI=1S/C30H38O2/c1-17-11-25(31)23(27(3)9-7-19-15-29(19,27)5)13-21(17)22-14-24(26(32)12-18(22)2)28(4)10-8-20-16-30(20,28)6/h11-14,19-20,31-32H,7-10,15-16H2,1-6H3/t19-,20-,27+,28+,29+,30+/m0/s1. The van der Waals surface area contributed by atoms with E-state index in [0.717, 1.165) is 46.9 Å². The second-order valence-corrected chi connectivity index (χ2v) is 12.7. The van der Waals surface area contributed by atoms with E-state index in [9.17, 15) is 10.2 Å². The van der Waals surface area contributed by atoms with Crippen LogP contribution in [-0.4, -0.2) is 10.2 Å². The zero-order valence-electron chi connectivity index (χ0n) is 20.6. The fourth-order valence-electron chi connectivity index (χ4n) is 8.33. The summed E-state index contributed by atoms with van der Waals surface area (Å²) < 4.78 is 0. The molecule has 4 fully saturated rings. The van der Waals surface area contributed by atoms with Crippen molar-refractivity contribution in [2.75, 3.05) is 0 Å². The van der Waals surface area contributed by atoms with Gasteiger partial charge in [-0.15, -0.1) is 0 Å². The Morgan fingerprint density at radius 2 is 1.03 bits per heavy atom. The maximum atomic E-state index is 11.1. The molecule has 6 atom stereocenters. The molecule has 0 bridgehead atoms. The molecule has 0 aromatic heterocycles. The molecule has 2 aromatic rings. The summed E-state index contributed by atoms with van der Waals surface area (Å²) in [6, 6.07) is 8.55. The maximum Gasteiger partial charge on any atom is 0.119 e. The topological polar surface area (TPSA) is 40.5 Å². The summed E-state index contributed by atoms with van der Waals surface area (Å²) in [5.41, 5.74) is 7.59. The molecular formula is C30H38O2. The minimum atomic E-state index is 0.0317. The van der Waals surface area contributed by atoms with E-state index in [2.05, 4.69) is 53.7 Å². The summed E-state index contributed by atoms with van der Waals surface area (Å²) in [4.78, 5) is 0. The van der Waals surface area contributed by atoms with Crippen molar-refractivity contribution in [1.29, 1.82) is 0 Å². The predicted molar refractivity (Wildman–Crippen MR) is 130 cm³/mol. The number of benzene rings is 2. The second kappa shape index (κ2) is 5.93. The first-order valence-electron chi connectivity index (χ1n) is 12.6. The Hall–Kier alpha value is -1.96. The molecule has 4 aliphatic rings. The molecule has 2 aromatic carbocycles. The monoisotopic (exact) mass is 430 g/mol. The maximum absolute atomic E-state index is 11.1. The van der Waals surface area contributed by atoms with Gasteiger partial charge < -0.3 is 10.2 Å². The molecule has 0 radical (unpaired) electrons. The summed E-state index contributed by atoms with van der Waals surface area (Å²) >= 11 is 0. The number of rotatable bonds is 3. The van der Waals surface area contributed by atoms with Gasteiger partial charge in [0.2, 0.25) is 0 Å². The van der Waals surface area contributed by atoms with E-state index < -0.39 is 0 Å². The van der Waals surface area contributed by atoms with Crippen molar-refractivity contribution in [2.45, 2.75) is 90.9 Å². The molecule has 170 valence electrons. The lowest BCUT2D eigenvalue weighted by Crippen LogP contribution is -2.29. The van der Waals surface area contributed by atoms with Crippen molar-refractivity contribution < 1.29 is 10.2 Å². The Kier molecular flexibility index (Phi) is 3.82. The fraction of sp³-hybridized carbons (Fsp3) is 0.600. The number of phenols is 2. The van der Waals surface area contributed by atoms with Crippen LogP contribution >= 0.6 is 0 Å². The van der Waals surface area contributed by atoms with Crippen LogP contribution in [0, 0.1) is 36.5 Å². The number of fused-ring (bicyclic) bond motifs is 2. The van der Waals surface area contributed by atoms with Gasteiger partial charge in [0, 0.05) is 22.0 Å². The molecule has 6 rings (SSSR count). The van der Waals surface area contributed by atoms with Crippen LogP contribution in [0.5, 0.6) is 11.5 Å². The highest BCUT2D eigenvalue weighted by Crippen LogP contribution is 2.74. The van der Waals surface area contributed by atoms with E-state index in [4.69, 9.17) is 0 Å². The molecule has 0 saturated heterocycles. The van der Waals surface area contributed by atoms with Crippen LogP contribution in [0.2, 0.25) is 0 Å². The molecule has 2 nitrogen and oxygen atoms in total. The third-order valence-corrected chi connectivity index (χ3v) is 11.5. The Labute approximate surface area is 193 Å². The van der Waals surface area contributed by atoms with Crippen LogP contribution in [0.4, 0.5) is 0 Å². The molecule has 2 N–H and O–H groups in total. The molecular weight excluding hydrogens is 392 g/mol. The van der Waals surface area contributed by atoms with Crippen molar-refractivity contribution in [3.8, 4) is 22.6 Å². The summed E-state index contributed by atoms with van der Waals surface area (Å²) in [7, 11) is 0. The van der Waals surface area contributed by atoms with Crippen molar-refractivity contribution >= 4 is 0 Å². The summed E-state index contributed by atoms with van der Waals surface area (Å²) in [6.45, 7) is 13.8. The zero-order chi connectivity index (χ0) is 22.8. The normalized spacial score (nSPS) is 41.4. The Balaban J connectivity index is 1.51. The van der Waals surface area contributed by atoms with Crippen LogP contribution in [0.1, 0.15) is 88.5 Å². The van der Waals surface area contributed by atoms with E-state index >= 15 is 0 Å². The van der Waals surface area contributed by atoms with Crippen LogP contribution in [0.25, 0.3) is 11.1 Å². The van der Waals surface area contributed by atoms with E-state index in [1.807, 2.05) is 12.1 Å². The van der Waals surface area contributed by atoms with Crippen molar-refractivity contribution in [3.05, 3.63) is 46.5 Å². The highest BCUT2D eigenvalue weighted by Gasteiger charge is 2.67. The van der Waals surface area contributed by atoms with Gasteiger partial charge in [-0.2, -0.15) is 0 Å². The predicted octanol–water partition coefficient (Wildman–Crippen LogP) is 7.54.